The average molecular weight is 989 g/mol. The van der Waals surface area contributed by atoms with E-state index < -0.39 is 20.9 Å². The molecular weight excluding hydrogens is 929 g/mol. The molecule has 12 rings (SSSR count). The van der Waals surface area contributed by atoms with Gasteiger partial charge in [0.1, 0.15) is 5.69 Å². The molecule has 2 aliphatic heterocycles. The second-order valence-electron chi connectivity index (χ2n) is 20.6. The van der Waals surface area contributed by atoms with Crippen LogP contribution in [0, 0.1) is 33.8 Å². The van der Waals surface area contributed by atoms with Gasteiger partial charge in [0.2, 0.25) is 0 Å². The number of piperazine rings is 1. The molecule has 4 saturated carbocycles. The lowest BCUT2D eigenvalue weighted by atomic mass is 9.53. The van der Waals surface area contributed by atoms with Crippen LogP contribution in [0.3, 0.4) is 0 Å². The van der Waals surface area contributed by atoms with E-state index in [1.807, 2.05) is 72.8 Å². The molecule has 15 nitrogen and oxygen atoms in total. The zero-order valence-electron chi connectivity index (χ0n) is 40.3. The van der Waals surface area contributed by atoms with E-state index >= 15 is 4.79 Å². The lowest BCUT2D eigenvalue weighted by molar-refractivity contribution is -0.384. The summed E-state index contributed by atoms with van der Waals surface area (Å²) in [6, 6.07) is 38.5. The Balaban J connectivity index is 0.782. The third kappa shape index (κ3) is 9.74. The molecule has 72 heavy (non-hydrogen) atoms. The molecule has 4 aliphatic carbocycles. The maximum absolute atomic E-state index is 15.3. The molecule has 6 aliphatic rings. The highest BCUT2D eigenvalue weighted by Gasteiger charge is 2.53. The highest BCUT2D eigenvalue weighted by molar-refractivity contribution is 7.90. The summed E-state index contributed by atoms with van der Waals surface area (Å²) in [6.07, 6.45) is 11.1. The number of benzene rings is 5. The number of carbonyl (C=O) groups excluding carboxylic acids is 2. The van der Waals surface area contributed by atoms with Gasteiger partial charge >= 0.3 is 0 Å². The Morgan fingerprint density at radius 3 is 2.00 bits per heavy atom. The van der Waals surface area contributed by atoms with E-state index in [1.54, 1.807) is 17.0 Å². The molecule has 4 bridgehead atoms. The predicted molar refractivity (Wildman–Crippen MR) is 277 cm³/mol. The van der Waals surface area contributed by atoms with E-state index in [1.165, 1.54) is 31.4 Å². The number of nitrogens with one attached hydrogen (secondary N) is 2. The van der Waals surface area contributed by atoms with Crippen molar-refractivity contribution >= 4 is 50.3 Å². The minimum Gasteiger partial charge on any atom is -0.381 e. The summed E-state index contributed by atoms with van der Waals surface area (Å²) in [5, 5.41) is 20.5. The van der Waals surface area contributed by atoms with Crippen molar-refractivity contribution in [2.45, 2.75) is 68.3 Å². The summed E-state index contributed by atoms with van der Waals surface area (Å²) < 4.78 is 36.4. The zero-order valence-corrected chi connectivity index (χ0v) is 41.1. The minimum atomic E-state index is -4.43. The second kappa shape index (κ2) is 20.0. The van der Waals surface area contributed by atoms with Crippen molar-refractivity contribution in [2.24, 2.45) is 23.7 Å². The number of nitro benzene ring substituents is 1. The van der Waals surface area contributed by atoms with Crippen molar-refractivity contribution in [1.29, 1.82) is 0 Å². The van der Waals surface area contributed by atoms with Gasteiger partial charge in [0, 0.05) is 92.9 Å². The lowest BCUT2D eigenvalue weighted by Crippen LogP contribution is -2.52. The number of nitro groups is 1. The molecule has 1 aromatic heterocycles. The molecular formula is C56H60N8O7S. The van der Waals surface area contributed by atoms with Gasteiger partial charge in [0.15, 0.2) is 5.69 Å². The molecule has 5 aromatic carbocycles. The van der Waals surface area contributed by atoms with Gasteiger partial charge in [-0.15, -0.1) is 0 Å². The molecule has 372 valence electrons. The molecule has 6 fully saturated rings. The quantitative estimate of drug-likeness (QED) is 0.0741. The smallest absolute Gasteiger partial charge is 0.293 e. The molecule has 0 radical (unpaired) electrons. The first-order chi connectivity index (χ1) is 35.0. The van der Waals surface area contributed by atoms with Gasteiger partial charge in [0.05, 0.1) is 15.4 Å². The van der Waals surface area contributed by atoms with Gasteiger partial charge in [-0.25, -0.2) is 13.1 Å². The van der Waals surface area contributed by atoms with Crippen LogP contribution < -0.4 is 19.8 Å². The number of para-hydroxylation sites is 2. The number of rotatable bonds is 15. The van der Waals surface area contributed by atoms with Crippen LogP contribution in [0.25, 0.3) is 11.1 Å². The normalized spacial score (nSPS) is 22.1. The van der Waals surface area contributed by atoms with Crippen molar-refractivity contribution < 1.29 is 27.7 Å². The predicted octanol–water partition coefficient (Wildman–Crippen LogP) is 9.64. The fourth-order valence-electron chi connectivity index (χ4n) is 12.5. The van der Waals surface area contributed by atoms with Crippen LogP contribution in [-0.4, -0.2) is 85.8 Å². The molecule has 0 spiro atoms. The first-order valence-electron chi connectivity index (χ1n) is 25.4. The molecule has 6 aromatic rings. The summed E-state index contributed by atoms with van der Waals surface area (Å²) in [7, 11) is -4.43. The monoisotopic (exact) mass is 988 g/mol. The van der Waals surface area contributed by atoms with E-state index in [0.29, 0.717) is 49.8 Å². The van der Waals surface area contributed by atoms with Gasteiger partial charge in [-0.1, -0.05) is 60.7 Å². The summed E-state index contributed by atoms with van der Waals surface area (Å²) in [5.74, 6) is 1.41. The van der Waals surface area contributed by atoms with Crippen molar-refractivity contribution in [3.8, 4) is 11.1 Å². The Bertz CT molecular complexity index is 2990. The molecule has 0 atom stereocenters. The lowest BCUT2D eigenvalue weighted by Gasteiger charge is -2.56. The molecule has 2 saturated heterocycles. The van der Waals surface area contributed by atoms with Gasteiger partial charge in [0.25, 0.3) is 27.5 Å². The summed E-state index contributed by atoms with van der Waals surface area (Å²) >= 11 is 0. The van der Waals surface area contributed by atoms with Gasteiger partial charge in [-0.05, 0) is 147 Å². The largest absolute Gasteiger partial charge is 0.381 e. The van der Waals surface area contributed by atoms with Crippen LogP contribution in [0.15, 0.2) is 138 Å². The SMILES string of the molecule is O=C(NS(=O)(=O)c1ccc(NCC2CCOCC2)c([N+](=O)[O-])c1)c1ccc(N2CCN(Cc3ccccc3-c3cn(C45CC6CC(CC(C6)C4)C5)nc3C(=O)N(c3ccccc3)c3ccccc3)CC2)cc1. The highest BCUT2D eigenvalue weighted by atomic mass is 32.2. The standard InChI is InChI=1S/C56H60N8O7S/c65-54(59-72(69,70)48-19-20-51(52(32-48)64(67)68)57-36-39-21-27-71-28-22-39)43-15-17-45(18-16-43)61-25-23-60(24-26-61)37-44-9-7-8-14-49(44)50-38-62(56-33-40-29-41(34-56)31-42(30-40)35-56)58-53(50)55(66)63(46-10-3-1-4-11-46)47-12-5-2-6-13-47/h1-20,32,38-42,57H,21-31,33-37H2,(H,59,65). The number of ether oxygens (including phenoxy) is 1. The van der Waals surface area contributed by atoms with Crippen molar-refractivity contribution in [3.05, 3.63) is 161 Å². The second-order valence-corrected chi connectivity index (χ2v) is 22.2. The highest BCUT2D eigenvalue weighted by Crippen LogP contribution is 2.59. The van der Waals surface area contributed by atoms with Gasteiger partial charge in [-0.3, -0.25) is 34.2 Å². The number of aromatic nitrogens is 2. The van der Waals surface area contributed by atoms with Gasteiger partial charge in [-0.2, -0.15) is 5.10 Å². The molecule has 3 heterocycles. The number of carbonyl (C=O) groups is 2. The van der Waals surface area contributed by atoms with E-state index in [0.717, 1.165) is 98.1 Å². The first-order valence-corrected chi connectivity index (χ1v) is 26.8. The Labute approximate surface area is 420 Å². The van der Waals surface area contributed by atoms with Gasteiger partial charge < -0.3 is 15.0 Å². The third-order valence-electron chi connectivity index (χ3n) is 15.8. The summed E-state index contributed by atoms with van der Waals surface area (Å²) in [6.45, 7) is 5.41. The number of nitrogens with zero attached hydrogens (tertiary/aromatic N) is 6. The number of hydrogen-bond donors (Lipinski definition) is 2. The Kier molecular flexibility index (Phi) is 13.2. The molecule has 2 amide bonds. The minimum absolute atomic E-state index is 0.0851. The number of hydrogen-bond acceptors (Lipinski definition) is 11. The van der Waals surface area contributed by atoms with E-state index in [9.17, 15) is 23.3 Å². The van der Waals surface area contributed by atoms with Crippen molar-refractivity contribution in [2.75, 3.05) is 61.1 Å². The van der Waals surface area contributed by atoms with Crippen molar-refractivity contribution in [1.82, 2.24) is 19.4 Å². The fourth-order valence-corrected chi connectivity index (χ4v) is 13.5. The average Bonchev–Trinajstić information content (AvgIpc) is 3.86. The molecule has 0 unspecified atom stereocenters. The van der Waals surface area contributed by atoms with Crippen LogP contribution in [-0.2, 0) is 26.8 Å². The van der Waals surface area contributed by atoms with Crippen LogP contribution >= 0.6 is 0 Å². The molecule has 2 N–H and O–H groups in total. The fraction of sp³-hybridized carbons (Fsp3) is 0.375. The number of amides is 2. The topological polar surface area (TPSA) is 172 Å². The first kappa shape index (κ1) is 47.4. The Morgan fingerprint density at radius 1 is 0.764 bits per heavy atom. The maximum Gasteiger partial charge on any atom is 0.293 e. The summed E-state index contributed by atoms with van der Waals surface area (Å²) in [4.78, 5) is 46.0. The maximum atomic E-state index is 15.3. The van der Waals surface area contributed by atoms with E-state index in [2.05, 4.69) is 55.0 Å². The van der Waals surface area contributed by atoms with Crippen LogP contribution in [0.1, 0.15) is 77.8 Å². The summed E-state index contributed by atoms with van der Waals surface area (Å²) in [5.41, 5.74) is 5.77. The van der Waals surface area contributed by atoms with Crippen LogP contribution in [0.5, 0.6) is 0 Å². The van der Waals surface area contributed by atoms with Crippen LogP contribution in [0.2, 0.25) is 0 Å². The Morgan fingerprint density at radius 2 is 1.38 bits per heavy atom. The van der Waals surface area contributed by atoms with E-state index in [-0.39, 0.29) is 39.2 Å². The third-order valence-corrected chi connectivity index (χ3v) is 17.2. The van der Waals surface area contributed by atoms with E-state index in [4.69, 9.17) is 9.84 Å². The zero-order chi connectivity index (χ0) is 49.4. The molecule has 16 heteroatoms. The van der Waals surface area contributed by atoms with Crippen LogP contribution in [0.4, 0.5) is 28.4 Å². The van der Waals surface area contributed by atoms with Crippen molar-refractivity contribution in [3.63, 3.8) is 0 Å². The Hall–Kier alpha value is -6.88. The number of sulfonamides is 1. The number of anilines is 4.